The van der Waals surface area contributed by atoms with Crippen LogP contribution in [0.1, 0.15) is 53.5 Å². The molecule has 0 aromatic heterocycles. The molecule has 0 radical (unpaired) electrons. The molecule has 5 aliphatic heterocycles. The summed E-state index contributed by atoms with van der Waals surface area (Å²) in [5.74, 6) is 1.91. The molecule has 5 heterocycles. The molecule has 32 heavy (non-hydrogen) atoms. The van der Waals surface area contributed by atoms with Gasteiger partial charge in [0.2, 0.25) is 13.4 Å². The van der Waals surface area contributed by atoms with Gasteiger partial charge in [0.25, 0.3) is 0 Å². The second kappa shape index (κ2) is 7.20. The largest absolute Gasteiger partial charge is 0.455 e. The summed E-state index contributed by atoms with van der Waals surface area (Å²) >= 11 is 0. The minimum absolute atomic E-state index is 0.886. The van der Waals surface area contributed by atoms with Crippen LogP contribution in [0.3, 0.4) is 0 Å². The van der Waals surface area contributed by atoms with Crippen LogP contribution in [-0.2, 0) is 34.8 Å². The Morgan fingerprint density at radius 1 is 0.938 bits per heavy atom. The smallest absolute Gasteiger partial charge is 0.221 e. The Kier molecular flexibility index (Phi) is 4.36. The topological polar surface area (TPSA) is 41.8 Å². The summed E-state index contributed by atoms with van der Waals surface area (Å²) in [6, 6.07) is 4.56. The van der Waals surface area contributed by atoms with Crippen LogP contribution >= 0.6 is 8.03 Å². The van der Waals surface area contributed by atoms with E-state index in [1.54, 1.807) is 7.11 Å². The highest BCUT2D eigenvalue weighted by Gasteiger charge is 2.36. The van der Waals surface area contributed by atoms with E-state index in [-0.39, 0.29) is 0 Å². The van der Waals surface area contributed by atoms with Crippen molar-refractivity contribution in [1.29, 1.82) is 0 Å². The maximum absolute atomic E-state index is 13.4. The van der Waals surface area contributed by atoms with E-state index in [0.717, 1.165) is 92.3 Å². The van der Waals surface area contributed by atoms with Gasteiger partial charge in [-0.05, 0) is 56.2 Å². The van der Waals surface area contributed by atoms with Crippen molar-refractivity contribution in [3.8, 4) is 11.5 Å². The molecule has 2 aromatic carbocycles. The molecule has 1 atom stereocenters. The van der Waals surface area contributed by atoms with Gasteiger partial charge >= 0.3 is 0 Å². The van der Waals surface area contributed by atoms with Crippen molar-refractivity contribution in [1.82, 2.24) is 4.58 Å². The highest BCUT2D eigenvalue weighted by atomic mass is 31.1. The molecule has 0 amide bonds. The van der Waals surface area contributed by atoms with Crippen molar-refractivity contribution < 1.29 is 13.8 Å². The van der Waals surface area contributed by atoms with Crippen LogP contribution in [0.5, 0.6) is 11.5 Å². The molecule has 0 N–H and O–H groups in total. The number of rotatable bonds is 2. The summed E-state index contributed by atoms with van der Waals surface area (Å²) in [5, 5.41) is 3.31. The molecule has 0 bridgehead atoms. The number of aryl methyl sites for hydroxylation is 2. The molecule has 0 fully saturated rings. The molecule has 5 aliphatic rings. The monoisotopic (exact) mass is 449 g/mol. The highest BCUT2D eigenvalue weighted by molar-refractivity contribution is 7.51. The average molecular weight is 450 g/mol. The van der Waals surface area contributed by atoms with E-state index in [0.29, 0.717) is 0 Å². The lowest BCUT2D eigenvalue weighted by Crippen LogP contribution is -2.45. The van der Waals surface area contributed by atoms with Crippen LogP contribution < -0.4 is 24.8 Å². The lowest BCUT2D eigenvalue weighted by Gasteiger charge is -2.39. The Morgan fingerprint density at radius 3 is 2.53 bits per heavy atom. The summed E-state index contributed by atoms with van der Waals surface area (Å²) in [5.41, 5.74) is 7.87. The first kappa shape index (κ1) is 19.4. The second-order valence-electron chi connectivity index (χ2n) is 9.84. The number of nitrogens with zero attached hydrogens (tertiary/aromatic N) is 2. The Bertz CT molecular complexity index is 1320. The molecule has 7 rings (SSSR count). The van der Waals surface area contributed by atoms with Crippen LogP contribution in [0.15, 0.2) is 12.1 Å². The van der Waals surface area contributed by atoms with E-state index >= 15 is 0 Å². The number of anilines is 1. The van der Waals surface area contributed by atoms with Gasteiger partial charge in [-0.25, -0.2) is 4.58 Å². The summed E-state index contributed by atoms with van der Waals surface area (Å²) in [6.45, 7) is 4.53. The molecule has 166 valence electrons. The highest BCUT2D eigenvalue weighted by Crippen LogP contribution is 2.52. The molecular weight excluding hydrogens is 419 g/mol. The molecule has 2 aromatic rings. The first-order chi connectivity index (χ1) is 15.7. The first-order valence-corrected chi connectivity index (χ1v) is 13.6. The molecule has 6 heteroatoms. The number of benzene rings is 2. The Morgan fingerprint density at radius 2 is 1.69 bits per heavy atom. The number of ether oxygens (including phenoxy) is 1. The third-order valence-corrected chi connectivity index (χ3v) is 9.39. The van der Waals surface area contributed by atoms with Gasteiger partial charge in [-0.3, -0.25) is 4.57 Å². The van der Waals surface area contributed by atoms with E-state index in [1.165, 1.54) is 46.1 Å². The van der Waals surface area contributed by atoms with E-state index in [1.807, 2.05) is 0 Å². The summed E-state index contributed by atoms with van der Waals surface area (Å²) in [4.78, 5) is 2.55. The van der Waals surface area contributed by atoms with Crippen molar-refractivity contribution in [2.45, 2.75) is 51.4 Å². The van der Waals surface area contributed by atoms with Crippen molar-refractivity contribution in [2.24, 2.45) is 0 Å². The van der Waals surface area contributed by atoms with Gasteiger partial charge in [0.05, 0.1) is 10.9 Å². The van der Waals surface area contributed by atoms with Gasteiger partial charge in [-0.1, -0.05) is 0 Å². The predicted octanol–water partition coefficient (Wildman–Crippen LogP) is 3.15. The minimum atomic E-state index is -2.39. The standard InChI is InChI=1S/C26H30N2O3P/c1-30-32(29)26-20-14-16-6-2-10-27-12-4-8-18(22(16)27)24(20)31-25-19-9-5-13-28-11-3-7-17(23(19)28)15-21(25)26/h14-15,32H,2-13H2,1H3/q+1. The quantitative estimate of drug-likeness (QED) is 0.522. The molecule has 0 saturated heterocycles. The summed E-state index contributed by atoms with van der Waals surface area (Å²) < 4.78 is 28.4. The van der Waals surface area contributed by atoms with E-state index in [4.69, 9.17) is 9.26 Å². The second-order valence-corrected chi connectivity index (χ2v) is 11.3. The van der Waals surface area contributed by atoms with Gasteiger partial charge in [0.15, 0.2) is 0 Å². The van der Waals surface area contributed by atoms with Gasteiger partial charge in [-0.15, -0.1) is 0 Å². The zero-order valence-electron chi connectivity index (χ0n) is 18.8. The molecule has 0 spiro atoms. The van der Waals surface area contributed by atoms with Crippen LogP contribution in [0, 0.1) is 0 Å². The Hall–Kier alpha value is -2.10. The van der Waals surface area contributed by atoms with Crippen molar-refractivity contribution in [3.05, 3.63) is 50.5 Å². The summed E-state index contributed by atoms with van der Waals surface area (Å²) in [6.07, 6.45) is 8.92. The maximum atomic E-state index is 13.4. The lowest BCUT2D eigenvalue weighted by atomic mass is 9.87. The third-order valence-electron chi connectivity index (χ3n) is 8.08. The number of fused-ring (bicyclic) bond motifs is 4. The normalized spacial score (nSPS) is 21.2. The predicted molar refractivity (Wildman–Crippen MR) is 127 cm³/mol. The van der Waals surface area contributed by atoms with Crippen LogP contribution in [-0.4, -0.2) is 33.3 Å². The fourth-order valence-corrected chi connectivity index (χ4v) is 7.85. The molecule has 0 aliphatic carbocycles. The molecule has 0 saturated carbocycles. The Balaban J connectivity index is 1.60. The van der Waals surface area contributed by atoms with Crippen LogP contribution in [0.2, 0.25) is 0 Å². The fourth-order valence-electron chi connectivity index (χ4n) is 6.84. The van der Waals surface area contributed by atoms with Crippen LogP contribution in [0.4, 0.5) is 5.69 Å². The minimum Gasteiger partial charge on any atom is -0.455 e. The molecule has 1 unspecified atom stereocenters. The number of hydrogen-bond acceptors (Lipinski definition) is 4. The molecular formula is C26H30N2O3P+. The zero-order chi connectivity index (χ0) is 21.4. The zero-order valence-corrected chi connectivity index (χ0v) is 19.8. The van der Waals surface area contributed by atoms with E-state index < -0.39 is 8.03 Å². The van der Waals surface area contributed by atoms with Gasteiger partial charge < -0.3 is 14.2 Å². The van der Waals surface area contributed by atoms with Gasteiger partial charge in [0.1, 0.15) is 24.6 Å². The first-order valence-electron chi connectivity index (χ1n) is 12.3. The van der Waals surface area contributed by atoms with Crippen molar-refractivity contribution in [2.75, 3.05) is 38.2 Å². The lowest BCUT2D eigenvalue weighted by molar-refractivity contribution is 0.419. The fraction of sp³-hybridized carbons (Fsp3) is 0.500. The summed E-state index contributed by atoms with van der Waals surface area (Å²) in [7, 11) is -0.804. The average Bonchev–Trinajstić information content (AvgIpc) is 2.83. The van der Waals surface area contributed by atoms with Gasteiger partial charge in [-0.2, -0.15) is 0 Å². The SMILES string of the molecule is CO[PH](=O)C1=c2cc3c4c(c2Oc2c1cc1c5c2CCCN5CCC1)CCC[N+]=4CCC3. The van der Waals surface area contributed by atoms with Crippen LogP contribution in [0.25, 0.3) is 5.31 Å². The number of hydrogen-bond donors (Lipinski definition) is 0. The Labute approximate surface area is 189 Å². The maximum Gasteiger partial charge on any atom is 0.221 e. The van der Waals surface area contributed by atoms with E-state index in [9.17, 15) is 4.57 Å². The van der Waals surface area contributed by atoms with Crippen molar-refractivity contribution >= 4 is 19.0 Å². The molecule has 5 nitrogen and oxygen atoms in total. The van der Waals surface area contributed by atoms with E-state index in [2.05, 4.69) is 21.6 Å². The van der Waals surface area contributed by atoms with Crippen molar-refractivity contribution in [3.63, 3.8) is 0 Å². The van der Waals surface area contributed by atoms with Gasteiger partial charge in [0, 0.05) is 60.6 Å². The third kappa shape index (κ3) is 2.61.